The molecule has 0 fully saturated rings. The van der Waals surface area contributed by atoms with E-state index in [4.69, 9.17) is 0 Å². The number of hydrogen-bond acceptors (Lipinski definition) is 5. The van der Waals surface area contributed by atoms with E-state index in [1.807, 2.05) is 39.8 Å². The summed E-state index contributed by atoms with van der Waals surface area (Å²) in [6, 6.07) is 15.8. The van der Waals surface area contributed by atoms with Crippen LogP contribution in [0.1, 0.15) is 41.8 Å². The van der Waals surface area contributed by atoms with Crippen molar-refractivity contribution in [1.82, 2.24) is 10.3 Å². The van der Waals surface area contributed by atoms with Gasteiger partial charge in [0.25, 0.3) is 15.9 Å². The predicted molar refractivity (Wildman–Crippen MR) is 129 cm³/mol. The Morgan fingerprint density at radius 1 is 1.03 bits per heavy atom. The molecule has 0 saturated carbocycles. The molecule has 168 valence electrons. The molecule has 32 heavy (non-hydrogen) atoms. The number of hydrogen-bond donors (Lipinski definition) is 2. The van der Waals surface area contributed by atoms with E-state index >= 15 is 0 Å². The number of aryl methyl sites for hydroxylation is 2. The zero-order valence-electron chi connectivity index (χ0n) is 18.5. The molecule has 3 rings (SSSR count). The fraction of sp³-hybridized carbons (Fsp3) is 0.250. The minimum atomic E-state index is -3.66. The van der Waals surface area contributed by atoms with Gasteiger partial charge in [-0.05, 0) is 86.8 Å². The third kappa shape index (κ3) is 6.11. The number of anilines is 1. The summed E-state index contributed by atoms with van der Waals surface area (Å²) < 4.78 is 27.9. The predicted octanol–water partition coefficient (Wildman–Crippen LogP) is 5.18. The molecule has 1 atom stereocenters. The van der Waals surface area contributed by atoms with Crippen molar-refractivity contribution in [2.24, 2.45) is 0 Å². The molecule has 2 aromatic carbocycles. The van der Waals surface area contributed by atoms with Crippen LogP contribution >= 0.6 is 11.8 Å². The summed E-state index contributed by atoms with van der Waals surface area (Å²) in [5, 5.41) is 3.66. The van der Waals surface area contributed by atoms with Crippen LogP contribution in [0, 0.1) is 13.8 Å². The van der Waals surface area contributed by atoms with Crippen LogP contribution in [0.25, 0.3) is 0 Å². The zero-order valence-corrected chi connectivity index (χ0v) is 20.2. The second kappa shape index (κ2) is 10.2. The Kier molecular flexibility index (Phi) is 7.58. The number of nitrogens with zero attached hydrogens (tertiary/aromatic N) is 1. The quantitative estimate of drug-likeness (QED) is 0.475. The largest absolute Gasteiger partial charge is 0.350 e. The molecule has 1 heterocycles. The molecule has 0 bridgehead atoms. The van der Waals surface area contributed by atoms with Crippen molar-refractivity contribution in [3.63, 3.8) is 0 Å². The standard InChI is InChI=1S/C24H27N3O3S2/c1-5-18(4)26-24(28)19-7-13-23(25-15-19)31-21-10-8-20(9-11-21)27-32(29,30)22-12-6-16(2)17(3)14-22/h6-15,18,27H,5H2,1-4H3,(H,26,28). The maximum absolute atomic E-state index is 12.7. The summed E-state index contributed by atoms with van der Waals surface area (Å²) in [5.41, 5.74) is 2.97. The molecule has 0 aliphatic carbocycles. The maximum atomic E-state index is 12.7. The first-order valence-corrected chi connectivity index (χ1v) is 12.6. The number of sulfonamides is 1. The molecule has 0 aliphatic heterocycles. The highest BCUT2D eigenvalue weighted by molar-refractivity contribution is 7.99. The first-order chi connectivity index (χ1) is 15.2. The van der Waals surface area contributed by atoms with E-state index in [0.29, 0.717) is 11.3 Å². The Hall–Kier alpha value is -2.84. The molecule has 0 saturated heterocycles. The van der Waals surface area contributed by atoms with Crippen LogP contribution in [0.3, 0.4) is 0 Å². The van der Waals surface area contributed by atoms with Gasteiger partial charge in [0.2, 0.25) is 0 Å². The van der Waals surface area contributed by atoms with Gasteiger partial charge < -0.3 is 5.32 Å². The lowest BCUT2D eigenvalue weighted by Crippen LogP contribution is -2.31. The van der Waals surface area contributed by atoms with Gasteiger partial charge in [0.15, 0.2) is 0 Å². The summed E-state index contributed by atoms with van der Waals surface area (Å²) >= 11 is 1.43. The molecule has 0 aliphatic rings. The van der Waals surface area contributed by atoms with E-state index in [2.05, 4.69) is 15.0 Å². The highest BCUT2D eigenvalue weighted by Gasteiger charge is 2.15. The van der Waals surface area contributed by atoms with Crippen LogP contribution in [0.4, 0.5) is 5.69 Å². The second-order valence-corrected chi connectivity index (χ2v) is 10.4. The topological polar surface area (TPSA) is 88.2 Å². The molecular weight excluding hydrogens is 442 g/mol. The lowest BCUT2D eigenvalue weighted by molar-refractivity contribution is 0.0939. The summed E-state index contributed by atoms with van der Waals surface area (Å²) in [7, 11) is -3.66. The lowest BCUT2D eigenvalue weighted by atomic mass is 10.1. The number of rotatable bonds is 8. The molecule has 0 spiro atoms. The van der Waals surface area contributed by atoms with Gasteiger partial charge in [0.1, 0.15) is 5.03 Å². The Morgan fingerprint density at radius 2 is 1.75 bits per heavy atom. The molecule has 3 aromatic rings. The van der Waals surface area contributed by atoms with Crippen molar-refractivity contribution < 1.29 is 13.2 Å². The number of nitrogens with one attached hydrogen (secondary N) is 2. The van der Waals surface area contributed by atoms with Crippen molar-refractivity contribution in [3.05, 3.63) is 77.5 Å². The van der Waals surface area contributed by atoms with Crippen molar-refractivity contribution in [2.75, 3.05) is 4.72 Å². The van der Waals surface area contributed by atoms with E-state index in [1.165, 1.54) is 11.8 Å². The van der Waals surface area contributed by atoms with Gasteiger partial charge in [-0.3, -0.25) is 9.52 Å². The average molecular weight is 470 g/mol. The fourth-order valence-electron chi connectivity index (χ4n) is 2.79. The molecule has 8 heteroatoms. The number of carbonyl (C=O) groups excluding carboxylic acids is 1. The van der Waals surface area contributed by atoms with Crippen molar-refractivity contribution in [3.8, 4) is 0 Å². The highest BCUT2D eigenvalue weighted by atomic mass is 32.2. The van der Waals surface area contributed by atoms with Gasteiger partial charge in [-0.1, -0.05) is 24.8 Å². The fourth-order valence-corrected chi connectivity index (χ4v) is 4.69. The number of aromatic nitrogens is 1. The third-order valence-corrected chi connectivity index (χ3v) is 7.44. The molecule has 6 nitrogen and oxygen atoms in total. The minimum Gasteiger partial charge on any atom is -0.350 e. The maximum Gasteiger partial charge on any atom is 0.261 e. The van der Waals surface area contributed by atoms with Crippen LogP contribution < -0.4 is 10.0 Å². The van der Waals surface area contributed by atoms with Gasteiger partial charge in [-0.15, -0.1) is 0 Å². The Balaban J connectivity index is 1.64. The number of carbonyl (C=O) groups is 1. The molecule has 2 N–H and O–H groups in total. The van der Waals surface area contributed by atoms with Gasteiger partial charge in [-0.2, -0.15) is 0 Å². The van der Waals surface area contributed by atoms with Gasteiger partial charge in [0, 0.05) is 22.8 Å². The average Bonchev–Trinajstić information content (AvgIpc) is 2.77. The first-order valence-electron chi connectivity index (χ1n) is 10.3. The number of pyridine rings is 1. The van der Waals surface area contributed by atoms with E-state index in [0.717, 1.165) is 27.5 Å². The third-order valence-electron chi connectivity index (χ3n) is 5.11. The van der Waals surface area contributed by atoms with Crippen LogP contribution in [0.5, 0.6) is 0 Å². The Labute approximate surface area is 193 Å². The smallest absolute Gasteiger partial charge is 0.261 e. The van der Waals surface area contributed by atoms with Crippen LogP contribution in [-0.4, -0.2) is 25.4 Å². The number of amides is 1. The summed E-state index contributed by atoms with van der Waals surface area (Å²) in [4.78, 5) is 17.7. The van der Waals surface area contributed by atoms with E-state index in [9.17, 15) is 13.2 Å². The van der Waals surface area contributed by atoms with Gasteiger partial charge in [-0.25, -0.2) is 13.4 Å². The van der Waals surface area contributed by atoms with Crippen molar-refractivity contribution >= 4 is 33.4 Å². The SMILES string of the molecule is CCC(C)NC(=O)c1ccc(Sc2ccc(NS(=O)(=O)c3ccc(C)c(C)c3)cc2)nc1. The van der Waals surface area contributed by atoms with Gasteiger partial charge in [0.05, 0.1) is 10.5 Å². The summed E-state index contributed by atoms with van der Waals surface area (Å²) in [6.07, 6.45) is 2.43. The molecular formula is C24H27N3O3S2. The normalized spacial score (nSPS) is 12.2. The molecule has 0 radical (unpaired) electrons. The van der Waals surface area contributed by atoms with Crippen LogP contribution in [-0.2, 0) is 10.0 Å². The van der Waals surface area contributed by atoms with Crippen LogP contribution in [0.2, 0.25) is 0 Å². The molecule has 1 aromatic heterocycles. The Bertz CT molecular complexity index is 1190. The monoisotopic (exact) mass is 469 g/mol. The Morgan fingerprint density at radius 3 is 2.34 bits per heavy atom. The molecule has 1 amide bonds. The lowest BCUT2D eigenvalue weighted by Gasteiger charge is -2.11. The van der Waals surface area contributed by atoms with Crippen molar-refractivity contribution in [2.45, 2.75) is 55.0 Å². The van der Waals surface area contributed by atoms with Gasteiger partial charge >= 0.3 is 0 Å². The van der Waals surface area contributed by atoms with E-state index in [-0.39, 0.29) is 16.8 Å². The molecule has 1 unspecified atom stereocenters. The van der Waals surface area contributed by atoms with Crippen LogP contribution in [0.15, 0.2) is 75.6 Å². The van der Waals surface area contributed by atoms with Crippen molar-refractivity contribution in [1.29, 1.82) is 0 Å². The highest BCUT2D eigenvalue weighted by Crippen LogP contribution is 2.28. The zero-order chi connectivity index (χ0) is 23.3. The second-order valence-electron chi connectivity index (χ2n) is 7.65. The van der Waals surface area contributed by atoms with E-state index in [1.54, 1.807) is 48.7 Å². The first kappa shape index (κ1) is 23.8. The van der Waals surface area contributed by atoms with E-state index < -0.39 is 10.0 Å². The summed E-state index contributed by atoms with van der Waals surface area (Å²) in [6.45, 7) is 7.81. The number of benzene rings is 2. The summed E-state index contributed by atoms with van der Waals surface area (Å²) in [5.74, 6) is -0.135. The minimum absolute atomic E-state index is 0.113.